The Kier molecular flexibility index (Phi) is 3.03. The molecule has 1 atom stereocenters. The normalized spacial score (nSPS) is 20.2. The summed E-state index contributed by atoms with van der Waals surface area (Å²) in [5.74, 6) is 2.16. The Morgan fingerprint density at radius 2 is 2.47 bits per heavy atom. The maximum absolute atomic E-state index is 9.13. The molecule has 0 bridgehead atoms. The zero-order chi connectivity index (χ0) is 11.7. The third-order valence-electron chi connectivity index (χ3n) is 3.05. The van der Waals surface area contributed by atoms with E-state index in [-0.39, 0.29) is 6.61 Å². The van der Waals surface area contributed by atoms with Crippen LogP contribution in [-0.4, -0.2) is 32.0 Å². The third kappa shape index (κ3) is 1.93. The zero-order valence-electron chi connectivity index (χ0n) is 9.54. The van der Waals surface area contributed by atoms with E-state index in [1.165, 1.54) is 18.6 Å². The molecule has 2 aromatic rings. The number of imidazole rings is 1. The second-order valence-corrected chi connectivity index (χ2v) is 5.47. The van der Waals surface area contributed by atoms with Crippen LogP contribution in [0, 0.1) is 0 Å². The van der Waals surface area contributed by atoms with Gasteiger partial charge in [0.1, 0.15) is 11.3 Å². The summed E-state index contributed by atoms with van der Waals surface area (Å²) in [4.78, 5) is 9.01. The summed E-state index contributed by atoms with van der Waals surface area (Å²) in [7, 11) is 0. The zero-order valence-corrected chi connectivity index (χ0v) is 10.4. The first-order chi connectivity index (χ1) is 8.40. The van der Waals surface area contributed by atoms with Crippen LogP contribution >= 0.6 is 11.8 Å². The predicted octanol–water partition coefficient (Wildman–Crippen LogP) is 1.99. The van der Waals surface area contributed by atoms with E-state index in [0.29, 0.717) is 11.8 Å². The largest absolute Gasteiger partial charge is 0.396 e. The van der Waals surface area contributed by atoms with Crippen molar-refractivity contribution in [2.45, 2.75) is 24.6 Å². The fourth-order valence-corrected chi connectivity index (χ4v) is 3.63. The van der Waals surface area contributed by atoms with Crippen LogP contribution in [0.1, 0.15) is 24.0 Å². The van der Waals surface area contributed by atoms with Gasteiger partial charge in [0.15, 0.2) is 5.65 Å². The first-order valence-electron chi connectivity index (χ1n) is 5.94. The van der Waals surface area contributed by atoms with Gasteiger partial charge in [0.05, 0.1) is 12.0 Å². The van der Waals surface area contributed by atoms with Gasteiger partial charge in [-0.05, 0) is 30.7 Å². The van der Waals surface area contributed by atoms with E-state index in [0.717, 1.165) is 17.0 Å². The minimum Gasteiger partial charge on any atom is -0.396 e. The fraction of sp³-hybridized carbons (Fsp3) is 0.500. The molecule has 1 saturated heterocycles. The summed E-state index contributed by atoms with van der Waals surface area (Å²) in [6, 6.07) is 3.89. The lowest BCUT2D eigenvalue weighted by Crippen LogP contribution is -2.09. The van der Waals surface area contributed by atoms with Crippen molar-refractivity contribution in [3.63, 3.8) is 0 Å². The minimum absolute atomic E-state index is 0.140. The lowest BCUT2D eigenvalue weighted by Gasteiger charge is -2.14. The number of aliphatic hydroxyl groups excluding tert-OH is 1. The van der Waals surface area contributed by atoms with Crippen molar-refractivity contribution in [1.82, 2.24) is 14.5 Å². The van der Waals surface area contributed by atoms with Gasteiger partial charge in [-0.15, -0.1) is 11.8 Å². The third-order valence-corrected chi connectivity index (χ3v) is 4.41. The summed E-state index contributed by atoms with van der Waals surface area (Å²) in [6.07, 6.45) is 4.84. The van der Waals surface area contributed by atoms with Crippen LogP contribution in [0.2, 0.25) is 0 Å². The van der Waals surface area contributed by atoms with Gasteiger partial charge in [0.25, 0.3) is 0 Å². The van der Waals surface area contributed by atoms with Gasteiger partial charge in [-0.2, -0.15) is 0 Å². The predicted molar refractivity (Wildman–Crippen MR) is 69.0 cm³/mol. The smallest absolute Gasteiger partial charge is 0.160 e. The van der Waals surface area contributed by atoms with Crippen LogP contribution in [0.4, 0.5) is 0 Å². The standard InChI is InChI=1S/C12H15N3OS/c16-7-5-10-14-9-3-1-6-13-12(9)15(10)11-4-2-8-17-11/h1,3,6,11,16H,2,4-5,7-8H2. The summed E-state index contributed by atoms with van der Waals surface area (Å²) in [5, 5.41) is 9.57. The Labute approximate surface area is 104 Å². The number of nitrogens with zero attached hydrogens (tertiary/aromatic N) is 3. The molecule has 90 valence electrons. The second-order valence-electron chi connectivity index (χ2n) is 4.19. The molecular formula is C12H15N3OS. The number of hydrogen-bond donors (Lipinski definition) is 1. The minimum atomic E-state index is 0.140. The van der Waals surface area contributed by atoms with Crippen molar-refractivity contribution < 1.29 is 5.11 Å². The Balaban J connectivity index is 2.13. The first kappa shape index (κ1) is 11.0. The van der Waals surface area contributed by atoms with E-state index in [9.17, 15) is 0 Å². The highest BCUT2D eigenvalue weighted by molar-refractivity contribution is 7.99. The first-order valence-corrected chi connectivity index (χ1v) is 6.99. The van der Waals surface area contributed by atoms with Gasteiger partial charge >= 0.3 is 0 Å². The van der Waals surface area contributed by atoms with E-state index < -0.39 is 0 Å². The fourth-order valence-electron chi connectivity index (χ4n) is 2.32. The van der Waals surface area contributed by atoms with Gasteiger partial charge in [-0.3, -0.25) is 4.57 Å². The van der Waals surface area contributed by atoms with Crippen LogP contribution in [-0.2, 0) is 6.42 Å². The molecule has 17 heavy (non-hydrogen) atoms. The van der Waals surface area contributed by atoms with Gasteiger partial charge in [0, 0.05) is 12.6 Å². The summed E-state index contributed by atoms with van der Waals surface area (Å²) >= 11 is 1.96. The lowest BCUT2D eigenvalue weighted by atomic mass is 10.3. The quantitative estimate of drug-likeness (QED) is 0.904. The van der Waals surface area contributed by atoms with Crippen molar-refractivity contribution in [3.8, 4) is 0 Å². The molecule has 3 rings (SSSR count). The van der Waals surface area contributed by atoms with Gasteiger partial charge in [-0.1, -0.05) is 0 Å². The van der Waals surface area contributed by atoms with Crippen LogP contribution in [0.25, 0.3) is 11.2 Å². The lowest BCUT2D eigenvalue weighted by molar-refractivity contribution is 0.294. The molecule has 1 unspecified atom stereocenters. The van der Waals surface area contributed by atoms with Gasteiger partial charge < -0.3 is 5.11 Å². The van der Waals surface area contributed by atoms with Crippen LogP contribution in [0.15, 0.2) is 18.3 Å². The van der Waals surface area contributed by atoms with Crippen LogP contribution < -0.4 is 0 Å². The second kappa shape index (κ2) is 4.66. The molecule has 1 aliphatic rings. The number of aromatic nitrogens is 3. The molecule has 1 N–H and O–H groups in total. The summed E-state index contributed by atoms with van der Waals surface area (Å²) in [6.45, 7) is 0.140. The Morgan fingerprint density at radius 1 is 1.53 bits per heavy atom. The molecule has 0 spiro atoms. The van der Waals surface area contributed by atoms with Crippen molar-refractivity contribution >= 4 is 22.9 Å². The van der Waals surface area contributed by atoms with Crippen molar-refractivity contribution in [1.29, 1.82) is 0 Å². The van der Waals surface area contributed by atoms with E-state index in [4.69, 9.17) is 5.11 Å². The van der Waals surface area contributed by atoms with Crippen molar-refractivity contribution in [3.05, 3.63) is 24.2 Å². The Morgan fingerprint density at radius 3 is 3.24 bits per heavy atom. The summed E-state index contributed by atoms with van der Waals surface area (Å²) < 4.78 is 2.21. The molecule has 1 aliphatic heterocycles. The highest BCUT2D eigenvalue weighted by atomic mass is 32.2. The Hall–Kier alpha value is -1.07. The van der Waals surface area contributed by atoms with E-state index in [2.05, 4.69) is 14.5 Å². The van der Waals surface area contributed by atoms with Crippen molar-refractivity contribution in [2.24, 2.45) is 0 Å². The SMILES string of the molecule is OCCc1nc2cccnc2n1C1CCCS1. The molecule has 4 nitrogen and oxygen atoms in total. The molecular weight excluding hydrogens is 234 g/mol. The number of hydrogen-bond acceptors (Lipinski definition) is 4. The molecule has 5 heteroatoms. The molecule has 0 radical (unpaired) electrons. The van der Waals surface area contributed by atoms with E-state index in [1.807, 2.05) is 30.1 Å². The van der Waals surface area contributed by atoms with Crippen LogP contribution in [0.3, 0.4) is 0 Å². The van der Waals surface area contributed by atoms with Gasteiger partial charge in [-0.25, -0.2) is 9.97 Å². The number of pyridine rings is 1. The number of thioether (sulfide) groups is 1. The van der Waals surface area contributed by atoms with E-state index in [1.54, 1.807) is 0 Å². The number of rotatable bonds is 3. The average molecular weight is 249 g/mol. The van der Waals surface area contributed by atoms with Crippen LogP contribution in [0.5, 0.6) is 0 Å². The number of aliphatic hydroxyl groups is 1. The molecule has 3 heterocycles. The molecule has 0 aliphatic carbocycles. The van der Waals surface area contributed by atoms with Crippen molar-refractivity contribution in [2.75, 3.05) is 12.4 Å². The topological polar surface area (TPSA) is 50.9 Å². The number of fused-ring (bicyclic) bond motifs is 1. The highest BCUT2D eigenvalue weighted by Crippen LogP contribution is 2.38. The molecule has 0 aromatic carbocycles. The molecule has 0 amide bonds. The van der Waals surface area contributed by atoms with Gasteiger partial charge in [0.2, 0.25) is 0 Å². The highest BCUT2D eigenvalue weighted by Gasteiger charge is 2.23. The monoisotopic (exact) mass is 249 g/mol. The Bertz CT molecular complexity index is 519. The van der Waals surface area contributed by atoms with E-state index >= 15 is 0 Å². The molecule has 2 aromatic heterocycles. The maximum Gasteiger partial charge on any atom is 0.160 e. The molecule has 1 fully saturated rings. The maximum atomic E-state index is 9.13. The molecule has 0 saturated carbocycles. The average Bonchev–Trinajstić information content (AvgIpc) is 2.94. The summed E-state index contributed by atoms with van der Waals surface area (Å²) in [5.41, 5.74) is 1.89.